The van der Waals surface area contributed by atoms with Crippen LogP contribution in [0.4, 0.5) is 4.39 Å². The van der Waals surface area contributed by atoms with Crippen molar-refractivity contribution in [3.05, 3.63) is 58.9 Å². The molecule has 1 saturated heterocycles. The minimum Gasteiger partial charge on any atom is -0.491 e. The van der Waals surface area contributed by atoms with Gasteiger partial charge in [-0.3, -0.25) is 9.80 Å². The van der Waals surface area contributed by atoms with Gasteiger partial charge in [0.15, 0.2) is 0 Å². The molecule has 2 N–H and O–H groups in total. The zero-order valence-corrected chi connectivity index (χ0v) is 20.5. The highest BCUT2D eigenvalue weighted by Gasteiger charge is 2.22. The smallest absolute Gasteiger partial charge is 0.124 e. The molecule has 0 amide bonds. The second kappa shape index (κ2) is 10.8. The first-order valence-corrected chi connectivity index (χ1v) is 11.3. The molecule has 0 radical (unpaired) electrons. The van der Waals surface area contributed by atoms with Gasteiger partial charge >= 0.3 is 0 Å². The number of para-hydroxylation sites is 1. The SMILES string of the molecule is Br.CC(C)Oc1ccccc1CN1CCN(CC(N)c2nc3ccc(F)cc3s2)CC1. The first-order valence-electron chi connectivity index (χ1n) is 10.5. The molecular weight excluding hydrogens is 479 g/mol. The van der Waals surface area contributed by atoms with Crippen LogP contribution in [0.2, 0.25) is 0 Å². The van der Waals surface area contributed by atoms with Gasteiger partial charge in [0, 0.05) is 44.8 Å². The molecule has 1 atom stereocenters. The molecule has 0 bridgehead atoms. The second-order valence-electron chi connectivity index (χ2n) is 8.12. The van der Waals surface area contributed by atoms with Crippen LogP contribution in [0.25, 0.3) is 10.2 Å². The number of nitrogens with two attached hydrogens (primary N) is 1. The topological polar surface area (TPSA) is 54.6 Å². The standard InChI is InChI=1S/C23H29FN4OS.BrH/c1-16(2)29-21-6-4-3-5-17(21)14-27-9-11-28(12-10-27)15-19(25)23-26-20-8-7-18(24)13-22(20)30-23;/h3-8,13,16,19H,9-12,14-15,25H2,1-2H3;1H. The maximum atomic E-state index is 13.4. The van der Waals surface area contributed by atoms with Crippen molar-refractivity contribution in [3.63, 3.8) is 0 Å². The lowest BCUT2D eigenvalue weighted by Gasteiger charge is -2.35. The fourth-order valence-electron chi connectivity index (χ4n) is 3.81. The van der Waals surface area contributed by atoms with Gasteiger partial charge in [-0.1, -0.05) is 18.2 Å². The van der Waals surface area contributed by atoms with Crippen LogP contribution in [-0.2, 0) is 6.54 Å². The molecule has 1 aromatic heterocycles. The molecule has 8 heteroatoms. The number of ether oxygens (including phenoxy) is 1. The van der Waals surface area contributed by atoms with E-state index in [0.29, 0.717) is 0 Å². The van der Waals surface area contributed by atoms with Crippen LogP contribution >= 0.6 is 28.3 Å². The lowest BCUT2D eigenvalue weighted by Crippen LogP contribution is -2.47. The van der Waals surface area contributed by atoms with Crippen molar-refractivity contribution in [1.29, 1.82) is 0 Å². The molecule has 0 spiro atoms. The Morgan fingerprint density at radius 1 is 1.10 bits per heavy atom. The highest BCUT2D eigenvalue weighted by atomic mass is 79.9. The van der Waals surface area contributed by atoms with Crippen LogP contribution in [0, 0.1) is 5.82 Å². The summed E-state index contributed by atoms with van der Waals surface area (Å²) < 4.78 is 20.2. The molecule has 0 aliphatic carbocycles. The lowest BCUT2D eigenvalue weighted by molar-refractivity contribution is 0.120. The van der Waals surface area contributed by atoms with Crippen molar-refractivity contribution in [2.45, 2.75) is 32.5 Å². The minimum absolute atomic E-state index is 0. The van der Waals surface area contributed by atoms with E-state index in [1.165, 1.54) is 29.0 Å². The molecule has 31 heavy (non-hydrogen) atoms. The van der Waals surface area contributed by atoms with Gasteiger partial charge < -0.3 is 10.5 Å². The van der Waals surface area contributed by atoms with Crippen LogP contribution in [0.15, 0.2) is 42.5 Å². The predicted octanol–water partition coefficient (Wildman–Crippen LogP) is 4.62. The molecule has 1 aliphatic heterocycles. The van der Waals surface area contributed by atoms with E-state index in [0.717, 1.165) is 60.2 Å². The van der Waals surface area contributed by atoms with Crippen LogP contribution in [-0.4, -0.2) is 53.6 Å². The Morgan fingerprint density at radius 3 is 2.55 bits per heavy atom. The number of aromatic nitrogens is 1. The van der Waals surface area contributed by atoms with Crippen molar-refractivity contribution in [3.8, 4) is 5.75 Å². The average Bonchev–Trinajstić information content (AvgIpc) is 3.14. The van der Waals surface area contributed by atoms with Gasteiger partial charge in [0.2, 0.25) is 0 Å². The molecule has 1 fully saturated rings. The molecular formula is C23H30BrFN4OS. The molecule has 4 rings (SSSR count). The number of fused-ring (bicyclic) bond motifs is 1. The van der Waals surface area contributed by atoms with E-state index in [1.54, 1.807) is 6.07 Å². The van der Waals surface area contributed by atoms with Crippen molar-refractivity contribution in [2.75, 3.05) is 32.7 Å². The summed E-state index contributed by atoms with van der Waals surface area (Å²) in [6.07, 6.45) is 0.170. The maximum Gasteiger partial charge on any atom is 0.124 e. The summed E-state index contributed by atoms with van der Waals surface area (Å²) in [4.78, 5) is 9.46. The van der Waals surface area contributed by atoms with Crippen molar-refractivity contribution < 1.29 is 9.13 Å². The Balaban J connectivity index is 0.00000272. The first-order chi connectivity index (χ1) is 14.5. The number of rotatable bonds is 7. The third-order valence-electron chi connectivity index (χ3n) is 5.33. The van der Waals surface area contributed by atoms with E-state index in [2.05, 4.69) is 46.8 Å². The molecule has 0 saturated carbocycles. The number of thiazole rings is 1. The number of hydrogen-bond acceptors (Lipinski definition) is 6. The minimum atomic E-state index is -0.234. The zero-order valence-electron chi connectivity index (χ0n) is 18.0. The Kier molecular flexibility index (Phi) is 8.41. The largest absolute Gasteiger partial charge is 0.491 e. The van der Waals surface area contributed by atoms with Crippen molar-refractivity contribution >= 4 is 38.5 Å². The van der Waals surface area contributed by atoms with Crippen LogP contribution in [0.1, 0.15) is 30.5 Å². The monoisotopic (exact) mass is 508 g/mol. The van der Waals surface area contributed by atoms with Gasteiger partial charge in [0.1, 0.15) is 16.6 Å². The fraction of sp³-hybridized carbons (Fsp3) is 0.435. The molecule has 2 heterocycles. The summed E-state index contributed by atoms with van der Waals surface area (Å²) in [5.41, 5.74) is 8.49. The highest BCUT2D eigenvalue weighted by molar-refractivity contribution is 8.93. The third-order valence-corrected chi connectivity index (χ3v) is 6.48. The maximum absolute atomic E-state index is 13.4. The summed E-state index contributed by atoms with van der Waals surface area (Å²) in [7, 11) is 0. The van der Waals surface area contributed by atoms with E-state index in [-0.39, 0.29) is 34.9 Å². The summed E-state index contributed by atoms with van der Waals surface area (Å²) >= 11 is 1.49. The molecule has 5 nitrogen and oxygen atoms in total. The third kappa shape index (κ3) is 6.23. The number of halogens is 2. The highest BCUT2D eigenvalue weighted by Crippen LogP contribution is 2.27. The molecule has 168 valence electrons. The van der Waals surface area contributed by atoms with Gasteiger partial charge in [-0.25, -0.2) is 9.37 Å². The van der Waals surface area contributed by atoms with E-state index in [1.807, 2.05) is 6.07 Å². The Hall–Kier alpha value is -1.58. The average molecular weight is 509 g/mol. The van der Waals surface area contributed by atoms with Gasteiger partial charge in [0.05, 0.1) is 22.4 Å². The summed E-state index contributed by atoms with van der Waals surface area (Å²) in [5.74, 6) is 0.743. The number of benzene rings is 2. The Bertz CT molecular complexity index is 991. The lowest BCUT2D eigenvalue weighted by atomic mass is 10.1. The van der Waals surface area contributed by atoms with Crippen LogP contribution in [0.5, 0.6) is 5.75 Å². The normalized spacial score (nSPS) is 16.4. The van der Waals surface area contributed by atoms with Gasteiger partial charge in [-0.05, 0) is 38.1 Å². The number of piperazine rings is 1. The Morgan fingerprint density at radius 2 is 1.81 bits per heavy atom. The predicted molar refractivity (Wildman–Crippen MR) is 131 cm³/mol. The van der Waals surface area contributed by atoms with Gasteiger partial charge in [0.25, 0.3) is 0 Å². The summed E-state index contributed by atoms with van der Waals surface area (Å²) in [6.45, 7) is 9.71. The quantitative estimate of drug-likeness (QED) is 0.504. The van der Waals surface area contributed by atoms with Gasteiger partial charge in [-0.2, -0.15) is 0 Å². The molecule has 1 aliphatic rings. The molecule has 2 aromatic carbocycles. The molecule has 3 aromatic rings. The van der Waals surface area contributed by atoms with Crippen molar-refractivity contribution in [2.24, 2.45) is 5.73 Å². The number of hydrogen-bond donors (Lipinski definition) is 1. The van der Waals surface area contributed by atoms with Crippen LogP contribution < -0.4 is 10.5 Å². The fourth-order valence-corrected chi connectivity index (χ4v) is 4.79. The van der Waals surface area contributed by atoms with E-state index < -0.39 is 0 Å². The van der Waals surface area contributed by atoms with Crippen LogP contribution in [0.3, 0.4) is 0 Å². The van der Waals surface area contributed by atoms with Crippen molar-refractivity contribution in [1.82, 2.24) is 14.8 Å². The zero-order chi connectivity index (χ0) is 21.1. The van der Waals surface area contributed by atoms with E-state index in [4.69, 9.17) is 10.5 Å². The van der Waals surface area contributed by atoms with Gasteiger partial charge in [-0.15, -0.1) is 28.3 Å². The first kappa shape index (κ1) is 24.1. The summed E-state index contributed by atoms with van der Waals surface area (Å²) in [5, 5.41) is 0.873. The Labute approximate surface area is 197 Å². The summed E-state index contributed by atoms with van der Waals surface area (Å²) in [6, 6.07) is 12.8. The number of nitrogens with zero attached hydrogens (tertiary/aromatic N) is 3. The molecule has 1 unspecified atom stereocenters. The van der Waals surface area contributed by atoms with E-state index in [9.17, 15) is 4.39 Å². The van der Waals surface area contributed by atoms with E-state index >= 15 is 0 Å². The second-order valence-corrected chi connectivity index (χ2v) is 9.18.